The van der Waals surface area contributed by atoms with Gasteiger partial charge in [0.25, 0.3) is 0 Å². The Labute approximate surface area is 105 Å². The number of aromatic nitrogens is 2. The smallest absolute Gasteiger partial charge is 0.229 e. The lowest BCUT2D eigenvalue weighted by Crippen LogP contribution is -2.27. The Morgan fingerprint density at radius 1 is 1.44 bits per heavy atom. The van der Waals surface area contributed by atoms with Gasteiger partial charge in [-0.2, -0.15) is 5.10 Å². The maximum Gasteiger partial charge on any atom is 0.229 e. The van der Waals surface area contributed by atoms with Gasteiger partial charge in [0.15, 0.2) is 0 Å². The minimum atomic E-state index is 0.0578. The molecule has 1 aromatic heterocycles. The van der Waals surface area contributed by atoms with E-state index in [1.54, 1.807) is 6.20 Å². The fraction of sp³-hybridized carbons (Fsp3) is 0.385. The molecule has 0 bridgehead atoms. The van der Waals surface area contributed by atoms with E-state index in [-0.39, 0.29) is 11.8 Å². The summed E-state index contributed by atoms with van der Waals surface area (Å²) in [5.74, 6) is 0.537. The quantitative estimate of drug-likeness (QED) is 0.747. The summed E-state index contributed by atoms with van der Waals surface area (Å²) in [7, 11) is 0. The normalized spacial score (nSPS) is 23.4. The van der Waals surface area contributed by atoms with Gasteiger partial charge in [0.2, 0.25) is 5.91 Å². The molecular formula is C13H16N4O. The lowest BCUT2D eigenvalue weighted by Gasteiger charge is -2.14. The summed E-state index contributed by atoms with van der Waals surface area (Å²) in [6, 6.07) is 5.76. The summed E-state index contributed by atoms with van der Waals surface area (Å²) in [4.78, 5) is 12.1. The molecule has 18 heavy (non-hydrogen) atoms. The lowest BCUT2D eigenvalue weighted by atomic mass is 9.97. The number of rotatable bonds is 2. The highest BCUT2D eigenvalue weighted by Gasteiger charge is 2.29. The van der Waals surface area contributed by atoms with Crippen LogP contribution in [0.2, 0.25) is 0 Å². The van der Waals surface area contributed by atoms with Crippen LogP contribution in [0.1, 0.15) is 6.92 Å². The van der Waals surface area contributed by atoms with Crippen molar-refractivity contribution < 1.29 is 4.79 Å². The van der Waals surface area contributed by atoms with Crippen molar-refractivity contribution in [3.8, 4) is 0 Å². The summed E-state index contributed by atoms with van der Waals surface area (Å²) < 4.78 is 0. The van der Waals surface area contributed by atoms with Crippen molar-refractivity contribution in [3.63, 3.8) is 0 Å². The largest absolute Gasteiger partial charge is 0.326 e. The van der Waals surface area contributed by atoms with E-state index in [2.05, 4.69) is 27.8 Å². The van der Waals surface area contributed by atoms with Crippen LogP contribution in [0.25, 0.3) is 10.9 Å². The van der Waals surface area contributed by atoms with Crippen LogP contribution >= 0.6 is 0 Å². The zero-order chi connectivity index (χ0) is 12.5. The van der Waals surface area contributed by atoms with E-state index in [1.807, 2.05) is 18.2 Å². The minimum absolute atomic E-state index is 0.0578. The molecule has 1 fully saturated rings. The first-order valence-corrected chi connectivity index (χ1v) is 6.19. The molecule has 5 nitrogen and oxygen atoms in total. The molecule has 0 aliphatic carbocycles. The predicted octanol–water partition coefficient (Wildman–Crippen LogP) is 1.36. The number of benzene rings is 1. The average molecular weight is 244 g/mol. The van der Waals surface area contributed by atoms with Crippen LogP contribution in [-0.2, 0) is 4.79 Å². The Balaban J connectivity index is 1.77. The van der Waals surface area contributed by atoms with Crippen molar-refractivity contribution in [1.82, 2.24) is 15.5 Å². The number of fused-ring (bicyclic) bond motifs is 1. The van der Waals surface area contributed by atoms with E-state index in [0.717, 1.165) is 29.7 Å². The lowest BCUT2D eigenvalue weighted by molar-refractivity contribution is -0.120. The molecule has 1 aromatic carbocycles. The molecule has 2 aromatic rings. The van der Waals surface area contributed by atoms with E-state index in [9.17, 15) is 4.79 Å². The number of nitrogens with zero attached hydrogens (tertiary/aromatic N) is 1. The van der Waals surface area contributed by atoms with Crippen LogP contribution in [-0.4, -0.2) is 29.2 Å². The zero-order valence-corrected chi connectivity index (χ0v) is 10.2. The van der Waals surface area contributed by atoms with Crippen LogP contribution < -0.4 is 10.6 Å². The number of anilines is 1. The molecule has 2 heterocycles. The number of hydrogen-bond acceptors (Lipinski definition) is 3. The SMILES string of the molecule is C[C@@H]1CNC[C@H]1C(=O)Nc1ccc2cn[nH]c2c1. The molecule has 5 heteroatoms. The fourth-order valence-electron chi connectivity index (χ4n) is 2.41. The maximum absolute atomic E-state index is 12.1. The van der Waals surface area contributed by atoms with E-state index in [0.29, 0.717) is 5.92 Å². The Bertz CT molecular complexity index is 577. The van der Waals surface area contributed by atoms with Crippen LogP contribution in [0.15, 0.2) is 24.4 Å². The minimum Gasteiger partial charge on any atom is -0.326 e. The Morgan fingerprint density at radius 3 is 3.11 bits per heavy atom. The van der Waals surface area contributed by atoms with Gasteiger partial charge in [0, 0.05) is 17.6 Å². The Morgan fingerprint density at radius 2 is 2.33 bits per heavy atom. The number of carbonyl (C=O) groups is 1. The molecule has 1 aliphatic heterocycles. The second kappa shape index (κ2) is 4.42. The summed E-state index contributed by atoms with van der Waals surface area (Å²) in [5, 5.41) is 14.1. The van der Waals surface area contributed by atoms with Crippen molar-refractivity contribution in [2.75, 3.05) is 18.4 Å². The molecule has 1 aliphatic rings. The van der Waals surface area contributed by atoms with Gasteiger partial charge in [0.1, 0.15) is 0 Å². The van der Waals surface area contributed by atoms with E-state index >= 15 is 0 Å². The monoisotopic (exact) mass is 244 g/mol. The molecule has 2 atom stereocenters. The standard InChI is InChI=1S/C13H16N4O/c1-8-5-14-7-11(8)13(18)16-10-3-2-9-6-15-17-12(9)4-10/h2-4,6,8,11,14H,5,7H2,1H3,(H,15,17)(H,16,18)/t8-,11-/m1/s1. The molecule has 94 valence electrons. The summed E-state index contributed by atoms with van der Waals surface area (Å²) >= 11 is 0. The van der Waals surface area contributed by atoms with Crippen LogP contribution in [0.4, 0.5) is 5.69 Å². The van der Waals surface area contributed by atoms with Crippen molar-refractivity contribution >= 4 is 22.5 Å². The highest BCUT2D eigenvalue weighted by atomic mass is 16.1. The molecule has 1 amide bonds. The number of nitrogens with one attached hydrogen (secondary N) is 3. The highest BCUT2D eigenvalue weighted by Crippen LogP contribution is 2.20. The van der Waals surface area contributed by atoms with Gasteiger partial charge in [-0.15, -0.1) is 0 Å². The molecule has 1 saturated heterocycles. The van der Waals surface area contributed by atoms with Gasteiger partial charge in [0.05, 0.1) is 17.6 Å². The Kier molecular flexibility index (Phi) is 2.76. The Hall–Kier alpha value is -1.88. The third-order valence-corrected chi connectivity index (χ3v) is 3.56. The first-order valence-electron chi connectivity index (χ1n) is 6.19. The second-order valence-corrected chi connectivity index (χ2v) is 4.90. The predicted molar refractivity (Wildman–Crippen MR) is 70.2 cm³/mol. The van der Waals surface area contributed by atoms with Gasteiger partial charge in [-0.25, -0.2) is 0 Å². The molecule has 0 saturated carbocycles. The molecule has 3 rings (SSSR count). The van der Waals surface area contributed by atoms with Crippen molar-refractivity contribution in [2.45, 2.75) is 6.92 Å². The summed E-state index contributed by atoms with van der Waals surface area (Å²) in [6.07, 6.45) is 1.77. The van der Waals surface area contributed by atoms with E-state index in [1.165, 1.54) is 0 Å². The van der Waals surface area contributed by atoms with Crippen LogP contribution in [0, 0.1) is 11.8 Å². The molecule has 0 radical (unpaired) electrons. The first-order chi connectivity index (χ1) is 8.74. The fourth-order valence-corrected chi connectivity index (χ4v) is 2.41. The van der Waals surface area contributed by atoms with Crippen molar-refractivity contribution in [1.29, 1.82) is 0 Å². The molecule has 0 spiro atoms. The number of carbonyl (C=O) groups excluding carboxylic acids is 1. The number of amides is 1. The zero-order valence-electron chi connectivity index (χ0n) is 10.2. The van der Waals surface area contributed by atoms with Gasteiger partial charge in [-0.3, -0.25) is 9.89 Å². The third kappa shape index (κ3) is 1.97. The topological polar surface area (TPSA) is 69.8 Å². The summed E-state index contributed by atoms with van der Waals surface area (Å²) in [5.41, 5.74) is 1.75. The molecule has 3 N–H and O–H groups in total. The number of H-pyrrole nitrogens is 1. The van der Waals surface area contributed by atoms with Gasteiger partial charge in [-0.1, -0.05) is 6.92 Å². The van der Waals surface area contributed by atoms with Gasteiger partial charge < -0.3 is 10.6 Å². The number of aromatic amines is 1. The third-order valence-electron chi connectivity index (χ3n) is 3.56. The van der Waals surface area contributed by atoms with Crippen molar-refractivity contribution in [3.05, 3.63) is 24.4 Å². The van der Waals surface area contributed by atoms with Gasteiger partial charge in [-0.05, 0) is 30.7 Å². The van der Waals surface area contributed by atoms with Crippen LogP contribution in [0.5, 0.6) is 0 Å². The first kappa shape index (κ1) is 11.2. The molecular weight excluding hydrogens is 228 g/mol. The summed E-state index contributed by atoms with van der Waals surface area (Å²) in [6.45, 7) is 3.78. The van der Waals surface area contributed by atoms with E-state index in [4.69, 9.17) is 0 Å². The van der Waals surface area contributed by atoms with Crippen molar-refractivity contribution in [2.24, 2.45) is 11.8 Å². The van der Waals surface area contributed by atoms with Crippen LogP contribution in [0.3, 0.4) is 0 Å². The highest BCUT2D eigenvalue weighted by molar-refractivity contribution is 5.95. The van der Waals surface area contributed by atoms with E-state index < -0.39 is 0 Å². The second-order valence-electron chi connectivity index (χ2n) is 4.90. The maximum atomic E-state index is 12.1. The van der Waals surface area contributed by atoms with Gasteiger partial charge >= 0.3 is 0 Å². The molecule has 0 unspecified atom stereocenters. The average Bonchev–Trinajstić information content (AvgIpc) is 2.96. The number of hydrogen-bond donors (Lipinski definition) is 3.